The molecule has 0 aliphatic heterocycles. The number of halogens is 1. The van der Waals surface area contributed by atoms with Crippen LogP contribution in [-0.4, -0.2) is 20.7 Å². The van der Waals surface area contributed by atoms with E-state index in [1.165, 1.54) is 23.6 Å². The number of amides is 1. The van der Waals surface area contributed by atoms with Crippen molar-refractivity contribution in [2.45, 2.75) is 0 Å². The Bertz CT molecular complexity index is 1030. The van der Waals surface area contributed by atoms with Crippen LogP contribution in [0.1, 0.15) is 10.4 Å². The molecule has 0 aliphatic rings. The van der Waals surface area contributed by atoms with Crippen molar-refractivity contribution in [2.75, 3.05) is 5.32 Å². The van der Waals surface area contributed by atoms with Crippen LogP contribution in [0, 0.1) is 20.2 Å². The van der Waals surface area contributed by atoms with Crippen molar-refractivity contribution in [1.29, 1.82) is 0 Å². The van der Waals surface area contributed by atoms with Gasteiger partial charge in [0.2, 0.25) is 0 Å². The third kappa shape index (κ3) is 3.69. The van der Waals surface area contributed by atoms with Crippen molar-refractivity contribution in [3.05, 3.63) is 65.8 Å². The number of carbonyl (C=O) groups is 1. The van der Waals surface area contributed by atoms with Gasteiger partial charge < -0.3 is 0 Å². The number of benzene rings is 1. The van der Waals surface area contributed by atoms with E-state index in [4.69, 9.17) is 11.6 Å². The number of anilines is 1. The summed E-state index contributed by atoms with van der Waals surface area (Å²) in [5.41, 5.74) is -0.147. The number of aromatic nitrogens is 1. The molecule has 26 heavy (non-hydrogen) atoms. The molecule has 12 heteroatoms. The average Bonchev–Trinajstić information content (AvgIpc) is 3.23. The average molecular weight is 411 g/mol. The maximum Gasteiger partial charge on any atom is 0.282 e. The van der Waals surface area contributed by atoms with E-state index in [1.807, 2.05) is 0 Å². The number of thiophene rings is 1. The van der Waals surface area contributed by atoms with Crippen LogP contribution in [-0.2, 0) is 0 Å². The molecular weight excluding hydrogens is 404 g/mol. The van der Waals surface area contributed by atoms with Crippen LogP contribution in [0.4, 0.5) is 16.5 Å². The molecule has 0 bridgehead atoms. The number of carbonyl (C=O) groups excluding carboxylic acids is 1. The lowest BCUT2D eigenvalue weighted by molar-refractivity contribution is -0.385. The lowest BCUT2D eigenvalue weighted by Gasteiger charge is -2.03. The Morgan fingerprint density at radius 3 is 2.54 bits per heavy atom. The Labute approximate surface area is 158 Å². The Morgan fingerprint density at radius 1 is 1.12 bits per heavy atom. The van der Waals surface area contributed by atoms with E-state index in [0.717, 1.165) is 28.7 Å². The number of hydrogen-bond donors (Lipinski definition) is 1. The molecule has 0 atom stereocenters. The second kappa shape index (κ2) is 7.15. The van der Waals surface area contributed by atoms with E-state index in [9.17, 15) is 25.0 Å². The van der Waals surface area contributed by atoms with Gasteiger partial charge in [-0.3, -0.25) is 30.3 Å². The van der Waals surface area contributed by atoms with Crippen molar-refractivity contribution < 1.29 is 14.6 Å². The smallest absolute Gasteiger partial charge is 0.282 e. The fourth-order valence-corrected chi connectivity index (χ4v) is 3.78. The Morgan fingerprint density at radius 2 is 1.88 bits per heavy atom. The minimum absolute atomic E-state index is 0.0434. The third-order valence-corrected chi connectivity index (χ3v) is 5.11. The van der Waals surface area contributed by atoms with Crippen molar-refractivity contribution in [3.63, 3.8) is 0 Å². The first-order valence-corrected chi connectivity index (χ1v) is 8.93. The van der Waals surface area contributed by atoms with Crippen molar-refractivity contribution >= 4 is 56.7 Å². The van der Waals surface area contributed by atoms with E-state index >= 15 is 0 Å². The molecule has 0 fully saturated rings. The van der Waals surface area contributed by atoms with Crippen molar-refractivity contribution in [2.24, 2.45) is 0 Å². The largest absolute Gasteiger partial charge is 0.298 e. The van der Waals surface area contributed by atoms with Gasteiger partial charge in [0, 0.05) is 22.5 Å². The molecule has 1 N–H and O–H groups in total. The maximum absolute atomic E-state index is 12.3. The minimum Gasteiger partial charge on any atom is -0.298 e. The van der Waals surface area contributed by atoms with E-state index in [2.05, 4.69) is 10.3 Å². The molecule has 2 aromatic heterocycles. The predicted molar refractivity (Wildman–Crippen MR) is 98.1 cm³/mol. The second-order valence-corrected chi connectivity index (χ2v) is 7.04. The molecule has 0 spiro atoms. The van der Waals surface area contributed by atoms with Gasteiger partial charge in [-0.25, -0.2) is 4.98 Å². The first-order valence-electron chi connectivity index (χ1n) is 6.79. The van der Waals surface area contributed by atoms with Gasteiger partial charge in [0.15, 0.2) is 5.13 Å². The molecule has 0 saturated carbocycles. The van der Waals surface area contributed by atoms with Gasteiger partial charge in [-0.15, -0.1) is 22.7 Å². The zero-order chi connectivity index (χ0) is 18.8. The normalized spacial score (nSPS) is 10.5. The SMILES string of the molecule is O=C(Nc1nc(-c2cc([N+](=O)[O-])cs2)cs1)c1cc(Cl)ccc1[N+](=O)[O-]. The van der Waals surface area contributed by atoms with Gasteiger partial charge in [0.1, 0.15) is 5.56 Å². The second-order valence-electron chi connectivity index (χ2n) is 4.84. The number of nitro benzene ring substituents is 1. The molecule has 0 radical (unpaired) electrons. The molecule has 1 aromatic carbocycles. The van der Waals surface area contributed by atoms with Crippen LogP contribution in [0.2, 0.25) is 5.02 Å². The molecule has 1 amide bonds. The maximum atomic E-state index is 12.3. The van der Waals surface area contributed by atoms with Gasteiger partial charge in [-0.2, -0.15) is 0 Å². The Balaban J connectivity index is 1.83. The summed E-state index contributed by atoms with van der Waals surface area (Å²) in [6.07, 6.45) is 0. The van der Waals surface area contributed by atoms with Crippen LogP contribution in [0.3, 0.4) is 0 Å². The molecule has 0 aliphatic carbocycles. The van der Waals surface area contributed by atoms with Crippen molar-refractivity contribution in [1.82, 2.24) is 4.98 Å². The summed E-state index contributed by atoms with van der Waals surface area (Å²) >= 11 is 8.06. The molecule has 2 heterocycles. The number of thiazole rings is 1. The van der Waals surface area contributed by atoms with Gasteiger partial charge >= 0.3 is 0 Å². The number of nitro groups is 2. The van der Waals surface area contributed by atoms with Crippen LogP contribution in [0.25, 0.3) is 10.6 Å². The summed E-state index contributed by atoms with van der Waals surface area (Å²) < 4.78 is 0. The highest BCUT2D eigenvalue weighted by atomic mass is 35.5. The fraction of sp³-hybridized carbons (Fsp3) is 0. The van der Waals surface area contributed by atoms with E-state index in [-0.39, 0.29) is 27.1 Å². The summed E-state index contributed by atoms with van der Waals surface area (Å²) in [6.45, 7) is 0. The molecular formula is C14H7ClN4O5S2. The first-order chi connectivity index (χ1) is 12.3. The van der Waals surface area contributed by atoms with Crippen LogP contribution in [0.5, 0.6) is 0 Å². The van der Waals surface area contributed by atoms with E-state index in [1.54, 1.807) is 5.38 Å². The first kappa shape index (κ1) is 17.9. The standard InChI is InChI=1S/C14H7ClN4O5S2/c15-7-1-2-11(19(23)24)9(3-7)13(20)17-14-16-10(6-26-14)12-4-8(5-25-12)18(21)22/h1-6H,(H,16,17,20). The van der Waals surface area contributed by atoms with Crippen LogP contribution >= 0.6 is 34.3 Å². The van der Waals surface area contributed by atoms with Crippen LogP contribution in [0.15, 0.2) is 35.0 Å². The third-order valence-electron chi connectivity index (χ3n) is 3.17. The highest BCUT2D eigenvalue weighted by Crippen LogP contribution is 2.33. The Hall–Kier alpha value is -2.89. The molecule has 132 valence electrons. The summed E-state index contributed by atoms with van der Waals surface area (Å²) in [4.78, 5) is 37.7. The minimum atomic E-state index is -0.725. The van der Waals surface area contributed by atoms with Gasteiger partial charge in [0.25, 0.3) is 17.3 Å². The van der Waals surface area contributed by atoms with Crippen LogP contribution < -0.4 is 5.32 Å². The quantitative estimate of drug-likeness (QED) is 0.483. The summed E-state index contributed by atoms with van der Waals surface area (Å²) in [5.74, 6) is -0.725. The van der Waals surface area contributed by atoms with E-state index in [0.29, 0.717) is 10.6 Å². The highest BCUT2D eigenvalue weighted by molar-refractivity contribution is 7.16. The summed E-state index contributed by atoms with van der Waals surface area (Å²) in [7, 11) is 0. The zero-order valence-electron chi connectivity index (χ0n) is 12.5. The monoisotopic (exact) mass is 410 g/mol. The lowest BCUT2D eigenvalue weighted by Crippen LogP contribution is -2.13. The number of rotatable bonds is 5. The van der Waals surface area contributed by atoms with Gasteiger partial charge in [-0.05, 0) is 12.1 Å². The fourth-order valence-electron chi connectivity index (χ4n) is 2.01. The van der Waals surface area contributed by atoms with Crippen molar-refractivity contribution in [3.8, 4) is 10.6 Å². The Kier molecular flexibility index (Phi) is 4.93. The zero-order valence-corrected chi connectivity index (χ0v) is 14.9. The summed E-state index contributed by atoms with van der Waals surface area (Å²) in [5, 5.41) is 27.7. The van der Waals surface area contributed by atoms with Gasteiger partial charge in [-0.1, -0.05) is 11.6 Å². The number of nitrogens with zero attached hydrogens (tertiary/aromatic N) is 3. The molecule has 3 aromatic rings. The highest BCUT2D eigenvalue weighted by Gasteiger charge is 2.22. The topological polar surface area (TPSA) is 128 Å². The molecule has 9 nitrogen and oxygen atoms in total. The van der Waals surface area contributed by atoms with E-state index < -0.39 is 15.8 Å². The number of hydrogen-bond acceptors (Lipinski definition) is 8. The number of nitrogens with one attached hydrogen (secondary N) is 1. The van der Waals surface area contributed by atoms with Gasteiger partial charge in [0.05, 0.1) is 25.8 Å². The molecule has 0 saturated heterocycles. The molecule has 0 unspecified atom stereocenters. The molecule has 3 rings (SSSR count). The predicted octanol–water partition coefficient (Wildman–Crippen LogP) is 4.59. The lowest BCUT2D eigenvalue weighted by atomic mass is 10.1. The summed E-state index contributed by atoms with van der Waals surface area (Å²) in [6, 6.07) is 5.05.